The molecule has 0 bridgehead atoms. The van der Waals surface area contributed by atoms with E-state index in [-0.39, 0.29) is 23.5 Å². The molecule has 148 valence electrons. The fourth-order valence-electron chi connectivity index (χ4n) is 3.45. The van der Waals surface area contributed by atoms with Gasteiger partial charge in [-0.05, 0) is 37.1 Å². The molecule has 8 heteroatoms. The Kier molecular flexibility index (Phi) is 5.23. The van der Waals surface area contributed by atoms with Crippen LogP contribution in [0.4, 0.5) is 0 Å². The molecule has 28 heavy (non-hydrogen) atoms. The van der Waals surface area contributed by atoms with Gasteiger partial charge in [-0.25, -0.2) is 13.1 Å². The average molecular weight is 402 g/mol. The molecule has 4 rings (SSSR count). The van der Waals surface area contributed by atoms with Gasteiger partial charge in [-0.1, -0.05) is 30.3 Å². The van der Waals surface area contributed by atoms with Gasteiger partial charge in [-0.2, -0.15) is 0 Å². The summed E-state index contributed by atoms with van der Waals surface area (Å²) in [6.07, 6.45) is 0.441. The van der Waals surface area contributed by atoms with E-state index in [4.69, 9.17) is 9.47 Å². The first kappa shape index (κ1) is 18.8. The van der Waals surface area contributed by atoms with Crippen molar-refractivity contribution in [2.24, 2.45) is 0 Å². The molecular weight excluding hydrogens is 380 g/mol. The Labute approximate surface area is 164 Å². The van der Waals surface area contributed by atoms with Gasteiger partial charge < -0.3 is 14.4 Å². The minimum absolute atomic E-state index is 0.126. The van der Waals surface area contributed by atoms with Crippen LogP contribution in [0.1, 0.15) is 12.8 Å². The predicted octanol–water partition coefficient (Wildman–Crippen LogP) is 1.80. The van der Waals surface area contributed by atoms with Crippen LogP contribution in [0.25, 0.3) is 0 Å². The highest BCUT2D eigenvalue weighted by Crippen LogP contribution is 2.31. The van der Waals surface area contributed by atoms with Crippen molar-refractivity contribution in [1.29, 1.82) is 0 Å². The quantitative estimate of drug-likeness (QED) is 0.843. The zero-order chi connectivity index (χ0) is 19.6. The number of carbonyl (C=O) groups excluding carboxylic acids is 1. The van der Waals surface area contributed by atoms with Crippen LogP contribution in [0.2, 0.25) is 0 Å². The van der Waals surface area contributed by atoms with Gasteiger partial charge in [-0.15, -0.1) is 0 Å². The summed E-state index contributed by atoms with van der Waals surface area (Å²) in [6, 6.07) is 15.4. The zero-order valence-corrected chi connectivity index (χ0v) is 16.1. The van der Waals surface area contributed by atoms with Crippen LogP contribution < -0.4 is 14.2 Å². The summed E-state index contributed by atoms with van der Waals surface area (Å²) in [7, 11) is -3.55. The first-order valence-corrected chi connectivity index (χ1v) is 10.8. The van der Waals surface area contributed by atoms with Crippen LogP contribution in [0.5, 0.6) is 11.5 Å². The van der Waals surface area contributed by atoms with E-state index in [9.17, 15) is 13.2 Å². The average Bonchev–Trinajstić information content (AvgIpc) is 2.74. The van der Waals surface area contributed by atoms with Crippen molar-refractivity contribution >= 4 is 15.9 Å². The summed E-state index contributed by atoms with van der Waals surface area (Å²) in [6.45, 7) is 1.13. The Morgan fingerprint density at radius 3 is 2.32 bits per heavy atom. The van der Waals surface area contributed by atoms with E-state index in [0.29, 0.717) is 37.4 Å². The molecular formula is C20H22N2O5S. The summed E-state index contributed by atoms with van der Waals surface area (Å²) in [4.78, 5) is 14.7. The van der Waals surface area contributed by atoms with Crippen LogP contribution in [-0.2, 0) is 14.8 Å². The number of para-hydroxylation sites is 2. The van der Waals surface area contributed by atoms with Crippen LogP contribution in [0.15, 0.2) is 59.5 Å². The summed E-state index contributed by atoms with van der Waals surface area (Å²) in [5.41, 5.74) is 0. The highest BCUT2D eigenvalue weighted by atomic mass is 32.2. The lowest BCUT2D eigenvalue weighted by atomic mass is 10.1. The highest BCUT2D eigenvalue weighted by Gasteiger charge is 2.33. The first-order valence-electron chi connectivity index (χ1n) is 9.27. The van der Waals surface area contributed by atoms with E-state index in [1.807, 2.05) is 12.1 Å². The van der Waals surface area contributed by atoms with Gasteiger partial charge in [0.25, 0.3) is 5.91 Å². The number of rotatable bonds is 4. The van der Waals surface area contributed by atoms with Crippen molar-refractivity contribution in [3.05, 3.63) is 54.6 Å². The number of likely N-dealkylation sites (tertiary alicyclic amines) is 1. The van der Waals surface area contributed by atoms with Gasteiger partial charge in [0.1, 0.15) is 6.61 Å². The van der Waals surface area contributed by atoms with Crippen molar-refractivity contribution in [2.75, 3.05) is 19.7 Å². The van der Waals surface area contributed by atoms with Crippen LogP contribution in [-0.4, -0.2) is 51.1 Å². The number of hydrogen-bond donors (Lipinski definition) is 1. The number of sulfonamides is 1. The molecule has 1 atom stereocenters. The number of fused-ring (bicyclic) bond motifs is 1. The Morgan fingerprint density at radius 1 is 0.964 bits per heavy atom. The molecule has 1 amide bonds. The Balaban J connectivity index is 1.33. The first-order chi connectivity index (χ1) is 13.5. The largest absolute Gasteiger partial charge is 0.485 e. The molecule has 7 nitrogen and oxygen atoms in total. The highest BCUT2D eigenvalue weighted by molar-refractivity contribution is 7.89. The summed E-state index contributed by atoms with van der Waals surface area (Å²) in [5, 5.41) is 0. The van der Waals surface area contributed by atoms with E-state index in [1.54, 1.807) is 47.4 Å². The molecule has 2 aliphatic rings. The van der Waals surface area contributed by atoms with Gasteiger partial charge in [0.2, 0.25) is 16.1 Å². The molecule has 1 unspecified atom stereocenters. The van der Waals surface area contributed by atoms with E-state index in [0.717, 1.165) is 0 Å². The number of nitrogens with zero attached hydrogens (tertiary/aromatic N) is 1. The van der Waals surface area contributed by atoms with Crippen molar-refractivity contribution in [1.82, 2.24) is 9.62 Å². The van der Waals surface area contributed by atoms with Crippen molar-refractivity contribution in [3.8, 4) is 11.5 Å². The molecule has 2 heterocycles. The minimum Gasteiger partial charge on any atom is -0.485 e. The lowest BCUT2D eigenvalue weighted by Crippen LogP contribution is -2.52. The third kappa shape index (κ3) is 3.98. The number of piperidine rings is 1. The normalized spacial score (nSPS) is 20.0. The van der Waals surface area contributed by atoms with Crippen molar-refractivity contribution in [3.63, 3.8) is 0 Å². The molecule has 0 saturated carbocycles. The fraction of sp³-hybridized carbons (Fsp3) is 0.350. The Morgan fingerprint density at radius 2 is 1.61 bits per heavy atom. The van der Waals surface area contributed by atoms with Crippen molar-refractivity contribution < 1.29 is 22.7 Å². The topological polar surface area (TPSA) is 84.9 Å². The Bertz CT molecular complexity index is 940. The molecule has 2 aromatic rings. The molecule has 2 aromatic carbocycles. The maximum atomic E-state index is 12.8. The van der Waals surface area contributed by atoms with E-state index >= 15 is 0 Å². The standard InChI is InChI=1S/C20H22N2O5S/c23-20(19-14-26-17-8-4-5-9-18(17)27-19)22-12-10-15(11-13-22)21-28(24,25)16-6-2-1-3-7-16/h1-9,15,19,21H,10-14H2. The Hall–Kier alpha value is -2.58. The maximum Gasteiger partial charge on any atom is 0.267 e. The molecule has 0 aliphatic carbocycles. The van der Waals surface area contributed by atoms with Gasteiger partial charge in [0, 0.05) is 19.1 Å². The molecule has 2 aliphatic heterocycles. The summed E-state index contributed by atoms with van der Waals surface area (Å²) < 4.78 is 39.0. The number of ether oxygens (including phenoxy) is 2. The smallest absolute Gasteiger partial charge is 0.267 e. The van der Waals surface area contributed by atoms with Crippen molar-refractivity contribution in [2.45, 2.75) is 29.9 Å². The molecule has 0 spiro atoms. The second-order valence-corrected chi connectivity index (χ2v) is 8.61. The fourth-order valence-corrected chi connectivity index (χ4v) is 4.78. The monoisotopic (exact) mass is 402 g/mol. The summed E-state index contributed by atoms with van der Waals surface area (Å²) in [5.74, 6) is 1.08. The number of benzene rings is 2. The second-order valence-electron chi connectivity index (χ2n) is 6.90. The maximum absolute atomic E-state index is 12.8. The molecule has 1 N–H and O–H groups in total. The van der Waals surface area contributed by atoms with Gasteiger partial charge >= 0.3 is 0 Å². The van der Waals surface area contributed by atoms with E-state index in [2.05, 4.69) is 4.72 Å². The number of carbonyl (C=O) groups is 1. The number of nitrogens with one attached hydrogen (secondary N) is 1. The lowest BCUT2D eigenvalue weighted by Gasteiger charge is -2.35. The van der Waals surface area contributed by atoms with Crippen LogP contribution >= 0.6 is 0 Å². The second kappa shape index (κ2) is 7.81. The molecule has 0 radical (unpaired) electrons. The third-order valence-corrected chi connectivity index (χ3v) is 6.50. The van der Waals surface area contributed by atoms with Crippen LogP contribution in [0.3, 0.4) is 0 Å². The molecule has 0 aromatic heterocycles. The van der Waals surface area contributed by atoms with E-state index < -0.39 is 16.1 Å². The third-order valence-electron chi connectivity index (χ3n) is 4.97. The molecule has 1 saturated heterocycles. The lowest BCUT2D eigenvalue weighted by molar-refractivity contribution is -0.142. The van der Waals surface area contributed by atoms with Gasteiger partial charge in [-0.3, -0.25) is 4.79 Å². The van der Waals surface area contributed by atoms with Gasteiger partial charge in [0.05, 0.1) is 4.90 Å². The number of amides is 1. The number of hydrogen-bond acceptors (Lipinski definition) is 5. The summed E-state index contributed by atoms with van der Waals surface area (Å²) >= 11 is 0. The van der Waals surface area contributed by atoms with E-state index in [1.165, 1.54) is 0 Å². The molecule has 1 fully saturated rings. The van der Waals surface area contributed by atoms with Gasteiger partial charge in [0.15, 0.2) is 11.5 Å². The minimum atomic E-state index is -3.55. The SMILES string of the molecule is O=C(C1COc2ccccc2O1)N1CCC(NS(=O)(=O)c2ccccc2)CC1. The predicted molar refractivity (Wildman–Crippen MR) is 103 cm³/mol. The zero-order valence-electron chi connectivity index (χ0n) is 15.3. The van der Waals surface area contributed by atoms with Crippen LogP contribution in [0, 0.1) is 0 Å².